The largest absolute Gasteiger partial charge is 0.481 e. The highest BCUT2D eigenvalue weighted by Gasteiger charge is 2.07. The van der Waals surface area contributed by atoms with E-state index in [1.165, 1.54) is 5.57 Å². The molecule has 0 aromatic heterocycles. The quantitative estimate of drug-likeness (QED) is 0.633. The Hall–Kier alpha value is -0.830. The minimum Gasteiger partial charge on any atom is -0.481 e. The monoisotopic (exact) mass is 171 g/mol. The van der Waals surface area contributed by atoms with Gasteiger partial charge in [0.05, 0.1) is 0 Å². The van der Waals surface area contributed by atoms with Gasteiger partial charge in [0.2, 0.25) is 0 Å². The van der Waals surface area contributed by atoms with Gasteiger partial charge in [0.1, 0.15) is 0 Å². The summed E-state index contributed by atoms with van der Waals surface area (Å²) in [5, 5.41) is 8.16. The highest BCUT2D eigenvalue weighted by atomic mass is 16.4. The summed E-state index contributed by atoms with van der Waals surface area (Å²) in [4.78, 5) is 9.90. The van der Waals surface area contributed by atoms with Crippen LogP contribution in [0.1, 0.15) is 33.1 Å². The van der Waals surface area contributed by atoms with Crippen LogP contribution in [-0.4, -0.2) is 17.1 Å². The number of rotatable bonds is 3. The van der Waals surface area contributed by atoms with Gasteiger partial charge in [-0.05, 0) is 18.9 Å². The summed E-state index contributed by atoms with van der Waals surface area (Å²) in [7, 11) is 0. The van der Waals surface area contributed by atoms with Crippen LogP contribution in [0.5, 0.6) is 0 Å². The Morgan fingerprint density at radius 1 is 1.75 bits per heavy atom. The van der Waals surface area contributed by atoms with E-state index < -0.39 is 5.97 Å². The van der Waals surface area contributed by atoms with Gasteiger partial charge in [-0.1, -0.05) is 25.5 Å². The zero-order valence-corrected chi connectivity index (χ0v) is 7.71. The average molecular weight is 171 g/mol. The van der Waals surface area contributed by atoms with Gasteiger partial charge in [-0.15, -0.1) is 0 Å². The van der Waals surface area contributed by atoms with Crippen molar-refractivity contribution in [3.63, 3.8) is 0 Å². The minimum absolute atomic E-state index is 0.297. The van der Waals surface area contributed by atoms with Crippen molar-refractivity contribution < 1.29 is 9.90 Å². The first-order chi connectivity index (χ1) is 5.52. The van der Waals surface area contributed by atoms with Crippen LogP contribution in [0.25, 0.3) is 0 Å². The van der Waals surface area contributed by atoms with Crippen LogP contribution in [0.15, 0.2) is 11.6 Å². The summed E-state index contributed by atoms with van der Waals surface area (Å²) in [6.45, 7) is 3.89. The second-order valence-electron chi connectivity index (χ2n) is 3.20. The highest BCUT2D eigenvalue weighted by Crippen LogP contribution is 2.23. The second kappa shape index (κ2) is 5.77. The van der Waals surface area contributed by atoms with Gasteiger partial charge in [-0.25, -0.2) is 0 Å². The van der Waals surface area contributed by atoms with E-state index in [2.05, 4.69) is 6.08 Å². The van der Waals surface area contributed by atoms with E-state index in [0.29, 0.717) is 12.5 Å². The molecule has 0 saturated heterocycles. The van der Waals surface area contributed by atoms with Crippen LogP contribution in [0.4, 0.5) is 0 Å². The Balaban J connectivity index is 0.000000261. The van der Waals surface area contributed by atoms with Gasteiger partial charge in [0.25, 0.3) is 0 Å². The summed E-state index contributed by atoms with van der Waals surface area (Å²) in [6.07, 6.45) is 4.16. The molecule has 3 N–H and O–H groups in total. The molecule has 1 rings (SSSR count). The summed E-state index contributed by atoms with van der Waals surface area (Å²) in [5.74, 6) is -0.696. The Morgan fingerprint density at radius 3 is 2.42 bits per heavy atom. The first-order valence-electron chi connectivity index (χ1n) is 4.17. The van der Waals surface area contributed by atoms with Gasteiger partial charge >= 0.3 is 5.97 Å². The number of hydrogen-bond acceptors (Lipinski definition) is 2. The van der Waals surface area contributed by atoms with E-state index in [0.717, 1.165) is 12.8 Å². The third-order valence-corrected chi connectivity index (χ3v) is 1.15. The maximum Gasteiger partial charge on any atom is 0.303 e. The number of carboxylic acids is 1. The van der Waals surface area contributed by atoms with Crippen LogP contribution in [-0.2, 0) is 4.79 Å². The molecule has 1 aliphatic carbocycles. The molecule has 12 heavy (non-hydrogen) atoms. The molecule has 0 saturated carbocycles. The smallest absolute Gasteiger partial charge is 0.303 e. The third-order valence-electron chi connectivity index (χ3n) is 1.15. The number of allylic oxidation sites excluding steroid dienone is 2. The van der Waals surface area contributed by atoms with Crippen LogP contribution in [0.2, 0.25) is 0 Å². The molecule has 1 aliphatic rings. The summed E-state index contributed by atoms with van der Waals surface area (Å²) in [5.41, 5.74) is 6.41. The van der Waals surface area contributed by atoms with Gasteiger partial charge in [-0.3, -0.25) is 4.79 Å². The van der Waals surface area contributed by atoms with Crippen molar-refractivity contribution in [2.75, 3.05) is 0 Å². The fraction of sp³-hybridized carbons (Fsp3) is 0.667. The van der Waals surface area contributed by atoms with Crippen molar-refractivity contribution in [2.45, 2.75) is 39.2 Å². The van der Waals surface area contributed by atoms with E-state index in [1.54, 1.807) is 0 Å². The highest BCUT2D eigenvalue weighted by molar-refractivity contribution is 5.67. The minimum atomic E-state index is -0.696. The van der Waals surface area contributed by atoms with Gasteiger partial charge in [0.15, 0.2) is 0 Å². The van der Waals surface area contributed by atoms with E-state index in [1.807, 2.05) is 13.8 Å². The lowest BCUT2D eigenvalue weighted by molar-refractivity contribution is -0.136. The van der Waals surface area contributed by atoms with E-state index in [4.69, 9.17) is 10.8 Å². The molecule has 0 aromatic rings. The molecule has 0 unspecified atom stereocenters. The summed E-state index contributed by atoms with van der Waals surface area (Å²) >= 11 is 0. The molecular weight excluding hydrogens is 154 g/mol. The number of aliphatic carboxylic acids is 1. The molecule has 0 atom stereocenters. The van der Waals surface area contributed by atoms with Crippen LogP contribution in [0, 0.1) is 0 Å². The molecular formula is C9H17NO2. The van der Waals surface area contributed by atoms with Crippen molar-refractivity contribution in [3.05, 3.63) is 11.6 Å². The fourth-order valence-corrected chi connectivity index (χ4v) is 0.544. The topological polar surface area (TPSA) is 63.3 Å². The predicted octanol–water partition coefficient (Wildman–Crippen LogP) is 1.53. The van der Waals surface area contributed by atoms with Crippen molar-refractivity contribution in [3.8, 4) is 0 Å². The normalized spacial score (nSPS) is 13.2. The Morgan fingerprint density at radius 2 is 2.17 bits per heavy atom. The van der Waals surface area contributed by atoms with Crippen LogP contribution >= 0.6 is 0 Å². The maximum atomic E-state index is 9.90. The molecule has 0 fully saturated rings. The van der Waals surface area contributed by atoms with Crippen molar-refractivity contribution in [2.24, 2.45) is 5.73 Å². The van der Waals surface area contributed by atoms with E-state index >= 15 is 0 Å². The zero-order valence-electron chi connectivity index (χ0n) is 7.71. The van der Waals surface area contributed by atoms with Crippen LogP contribution < -0.4 is 5.73 Å². The second-order valence-corrected chi connectivity index (χ2v) is 3.20. The molecule has 3 heteroatoms. The van der Waals surface area contributed by atoms with E-state index in [-0.39, 0.29) is 0 Å². The molecule has 0 aliphatic heterocycles. The molecule has 0 spiro atoms. The molecule has 0 aromatic carbocycles. The molecule has 0 radical (unpaired) electrons. The lowest BCUT2D eigenvalue weighted by atomic mass is 10.3. The zero-order chi connectivity index (χ0) is 9.56. The number of carbonyl (C=O) groups is 1. The molecule has 0 bridgehead atoms. The summed E-state index contributed by atoms with van der Waals surface area (Å²) in [6, 6.07) is 0.333. The Bertz CT molecular complexity index is 169. The first-order valence-corrected chi connectivity index (χ1v) is 4.17. The van der Waals surface area contributed by atoms with Crippen molar-refractivity contribution >= 4 is 5.97 Å². The maximum absolute atomic E-state index is 9.90. The number of hydrogen-bond donors (Lipinski definition) is 2. The Labute approximate surface area is 73.3 Å². The van der Waals surface area contributed by atoms with Gasteiger partial charge in [-0.2, -0.15) is 0 Å². The standard InChI is InChI=1S/C6H8O2.C3H9N/c7-6(8)4-3-5-1-2-5;1-3(2)4/h1H,2-4H2,(H,7,8);3H,4H2,1-2H3. The van der Waals surface area contributed by atoms with Gasteiger partial charge in [0, 0.05) is 6.42 Å². The average Bonchev–Trinajstić information content (AvgIpc) is 2.63. The lowest BCUT2D eigenvalue weighted by Gasteiger charge is -1.85. The third kappa shape index (κ3) is 11.9. The molecule has 0 amide bonds. The first kappa shape index (κ1) is 11.2. The number of nitrogens with two attached hydrogens (primary N) is 1. The van der Waals surface area contributed by atoms with E-state index in [9.17, 15) is 4.79 Å². The number of carboxylic acid groups (broad SMARTS) is 1. The fourth-order valence-electron chi connectivity index (χ4n) is 0.544. The van der Waals surface area contributed by atoms with Crippen molar-refractivity contribution in [1.29, 1.82) is 0 Å². The van der Waals surface area contributed by atoms with Crippen LogP contribution in [0.3, 0.4) is 0 Å². The molecule has 70 valence electrons. The molecule has 0 heterocycles. The van der Waals surface area contributed by atoms with Crippen molar-refractivity contribution in [1.82, 2.24) is 0 Å². The predicted molar refractivity (Wildman–Crippen MR) is 48.9 cm³/mol. The Kier molecular flexibility index (Phi) is 5.37. The SMILES string of the molecule is CC(C)N.O=C(O)CCC1=CC1. The molecule has 3 nitrogen and oxygen atoms in total. The summed E-state index contributed by atoms with van der Waals surface area (Å²) < 4.78 is 0. The van der Waals surface area contributed by atoms with Gasteiger partial charge < -0.3 is 10.8 Å². The lowest BCUT2D eigenvalue weighted by Crippen LogP contribution is -2.06.